The zero-order valence-electron chi connectivity index (χ0n) is 15.0. The number of nitrogen functional groups attached to an aromatic ring is 1. The first-order valence-corrected chi connectivity index (χ1v) is 9.40. The van der Waals surface area contributed by atoms with Gasteiger partial charge in [-0.15, -0.1) is 0 Å². The van der Waals surface area contributed by atoms with E-state index in [0.717, 1.165) is 22.4 Å². The van der Waals surface area contributed by atoms with Crippen LogP contribution in [0.3, 0.4) is 0 Å². The van der Waals surface area contributed by atoms with Gasteiger partial charge in [0.25, 0.3) is 0 Å². The molecule has 0 saturated heterocycles. The fourth-order valence-electron chi connectivity index (χ4n) is 3.61. The van der Waals surface area contributed by atoms with Gasteiger partial charge >= 0.3 is 0 Å². The van der Waals surface area contributed by atoms with Crippen molar-refractivity contribution in [3.63, 3.8) is 0 Å². The number of nitrogens with zero attached hydrogens (tertiary/aromatic N) is 2. The Hall–Kier alpha value is -2.75. The molecule has 4 nitrogen and oxygen atoms in total. The third-order valence-electron chi connectivity index (χ3n) is 5.13. The minimum Gasteiger partial charge on any atom is -0.487 e. The third-order valence-corrected chi connectivity index (χ3v) is 5.13. The zero-order chi connectivity index (χ0) is 17.8. The van der Waals surface area contributed by atoms with Gasteiger partial charge in [-0.3, -0.25) is 4.68 Å². The van der Waals surface area contributed by atoms with Crippen LogP contribution in [0, 0.1) is 0 Å². The molecule has 0 atom stereocenters. The molecular formula is C22H25N3O. The molecule has 1 heterocycles. The van der Waals surface area contributed by atoms with Crippen LogP contribution in [0.5, 0.6) is 5.75 Å². The van der Waals surface area contributed by atoms with Crippen molar-refractivity contribution in [1.29, 1.82) is 0 Å². The van der Waals surface area contributed by atoms with Crippen LogP contribution in [0.25, 0.3) is 11.1 Å². The summed E-state index contributed by atoms with van der Waals surface area (Å²) < 4.78 is 8.09. The Labute approximate surface area is 154 Å². The summed E-state index contributed by atoms with van der Waals surface area (Å²) in [6.45, 7) is 0.510. The van der Waals surface area contributed by atoms with Crippen LogP contribution in [0.1, 0.15) is 43.7 Å². The molecule has 26 heavy (non-hydrogen) atoms. The second-order valence-electron chi connectivity index (χ2n) is 7.03. The molecule has 1 aromatic heterocycles. The van der Waals surface area contributed by atoms with Gasteiger partial charge in [0, 0.05) is 11.8 Å². The summed E-state index contributed by atoms with van der Waals surface area (Å²) in [7, 11) is 0. The quantitative estimate of drug-likeness (QED) is 0.644. The van der Waals surface area contributed by atoms with Gasteiger partial charge < -0.3 is 10.5 Å². The molecule has 0 spiro atoms. The number of nitrogens with two attached hydrogens (primary N) is 1. The van der Waals surface area contributed by atoms with Gasteiger partial charge in [-0.05, 0) is 36.1 Å². The second kappa shape index (κ2) is 7.65. The summed E-state index contributed by atoms with van der Waals surface area (Å²) in [5.41, 5.74) is 10.1. The monoisotopic (exact) mass is 347 g/mol. The number of anilines is 1. The highest BCUT2D eigenvalue weighted by Crippen LogP contribution is 2.32. The van der Waals surface area contributed by atoms with Crippen molar-refractivity contribution in [3.8, 4) is 16.9 Å². The molecule has 1 fully saturated rings. The summed E-state index contributed by atoms with van der Waals surface area (Å²) in [5, 5.41) is 4.61. The summed E-state index contributed by atoms with van der Waals surface area (Å²) >= 11 is 0. The predicted octanol–water partition coefficient (Wildman–Crippen LogP) is 5.22. The van der Waals surface area contributed by atoms with Crippen molar-refractivity contribution < 1.29 is 4.74 Å². The molecule has 0 bridgehead atoms. The lowest BCUT2D eigenvalue weighted by Crippen LogP contribution is -2.12. The van der Waals surface area contributed by atoms with E-state index < -0.39 is 0 Å². The fourth-order valence-corrected chi connectivity index (χ4v) is 3.61. The highest BCUT2D eigenvalue weighted by Gasteiger charge is 2.16. The molecule has 0 radical (unpaired) electrons. The molecular weight excluding hydrogens is 322 g/mol. The van der Waals surface area contributed by atoms with E-state index in [2.05, 4.69) is 16.0 Å². The van der Waals surface area contributed by atoms with Crippen LogP contribution in [0.2, 0.25) is 0 Å². The maximum Gasteiger partial charge on any atom is 0.143 e. The minimum atomic E-state index is 0.510. The molecule has 134 valence electrons. The second-order valence-corrected chi connectivity index (χ2v) is 7.03. The number of ether oxygens (including phenoxy) is 1. The summed E-state index contributed by atoms with van der Waals surface area (Å²) in [6, 6.07) is 16.6. The summed E-state index contributed by atoms with van der Waals surface area (Å²) in [4.78, 5) is 0. The Morgan fingerprint density at radius 2 is 1.81 bits per heavy atom. The molecule has 0 amide bonds. The molecule has 0 unspecified atom stereocenters. The van der Waals surface area contributed by atoms with E-state index in [4.69, 9.17) is 10.5 Å². The standard InChI is InChI=1S/C22H25N3O/c23-21-12-11-18(13-22(21)26-16-17-7-3-1-4-8-17)19-14-24-25(15-19)20-9-5-2-6-10-20/h1,3-4,7-8,11-15,20H,2,5-6,9-10,16,23H2. The van der Waals surface area contributed by atoms with E-state index in [9.17, 15) is 0 Å². The van der Waals surface area contributed by atoms with Gasteiger partial charge in [0.15, 0.2) is 0 Å². The minimum absolute atomic E-state index is 0.510. The Morgan fingerprint density at radius 1 is 1.00 bits per heavy atom. The Balaban J connectivity index is 1.51. The number of rotatable bonds is 5. The van der Waals surface area contributed by atoms with Crippen molar-refractivity contribution in [2.45, 2.75) is 44.8 Å². The molecule has 4 rings (SSSR count). The van der Waals surface area contributed by atoms with E-state index in [-0.39, 0.29) is 0 Å². The number of hydrogen-bond acceptors (Lipinski definition) is 3. The van der Waals surface area contributed by atoms with Gasteiger partial charge in [-0.2, -0.15) is 5.10 Å². The first kappa shape index (κ1) is 16.7. The lowest BCUT2D eigenvalue weighted by atomic mass is 9.96. The van der Waals surface area contributed by atoms with E-state index in [0.29, 0.717) is 18.3 Å². The van der Waals surface area contributed by atoms with E-state index in [1.54, 1.807) is 0 Å². The molecule has 2 aromatic carbocycles. The molecule has 0 aliphatic heterocycles. The summed E-state index contributed by atoms with van der Waals surface area (Å²) in [6.07, 6.45) is 10.5. The van der Waals surface area contributed by atoms with Crippen molar-refractivity contribution >= 4 is 5.69 Å². The van der Waals surface area contributed by atoms with Gasteiger partial charge in [-0.1, -0.05) is 55.7 Å². The summed E-state index contributed by atoms with van der Waals surface area (Å²) in [5.74, 6) is 0.719. The average Bonchev–Trinajstić information content (AvgIpc) is 3.19. The van der Waals surface area contributed by atoms with E-state index in [1.807, 2.05) is 54.7 Å². The SMILES string of the molecule is Nc1ccc(-c2cnn(C3CCCCC3)c2)cc1OCc1ccccc1. The normalized spacial score (nSPS) is 15.1. The maximum atomic E-state index is 6.11. The number of aromatic nitrogens is 2. The molecule has 1 aliphatic rings. The van der Waals surface area contributed by atoms with Crippen molar-refractivity contribution in [2.75, 3.05) is 5.73 Å². The smallest absolute Gasteiger partial charge is 0.143 e. The van der Waals surface area contributed by atoms with Crippen LogP contribution in [0.4, 0.5) is 5.69 Å². The van der Waals surface area contributed by atoms with Crippen LogP contribution >= 0.6 is 0 Å². The molecule has 1 saturated carbocycles. The zero-order valence-corrected chi connectivity index (χ0v) is 15.0. The third kappa shape index (κ3) is 3.74. The largest absolute Gasteiger partial charge is 0.487 e. The van der Waals surface area contributed by atoms with Gasteiger partial charge in [0.1, 0.15) is 12.4 Å². The lowest BCUT2D eigenvalue weighted by Gasteiger charge is -2.21. The maximum absolute atomic E-state index is 6.11. The van der Waals surface area contributed by atoms with Crippen molar-refractivity contribution in [3.05, 3.63) is 66.5 Å². The number of hydrogen-bond donors (Lipinski definition) is 1. The Bertz CT molecular complexity index is 851. The highest BCUT2D eigenvalue weighted by atomic mass is 16.5. The Morgan fingerprint density at radius 3 is 2.62 bits per heavy atom. The predicted molar refractivity (Wildman–Crippen MR) is 105 cm³/mol. The van der Waals surface area contributed by atoms with Crippen molar-refractivity contribution in [1.82, 2.24) is 9.78 Å². The fraction of sp³-hybridized carbons (Fsp3) is 0.318. The molecule has 3 aromatic rings. The van der Waals surface area contributed by atoms with Crippen LogP contribution in [-0.4, -0.2) is 9.78 Å². The first-order chi connectivity index (χ1) is 12.8. The average molecular weight is 347 g/mol. The van der Waals surface area contributed by atoms with Gasteiger partial charge in [-0.25, -0.2) is 0 Å². The van der Waals surface area contributed by atoms with Gasteiger partial charge in [0.05, 0.1) is 17.9 Å². The topological polar surface area (TPSA) is 53.1 Å². The molecule has 1 aliphatic carbocycles. The van der Waals surface area contributed by atoms with Crippen LogP contribution in [-0.2, 0) is 6.61 Å². The molecule has 2 N–H and O–H groups in total. The van der Waals surface area contributed by atoms with Crippen LogP contribution in [0.15, 0.2) is 60.9 Å². The lowest BCUT2D eigenvalue weighted by molar-refractivity contribution is 0.308. The van der Waals surface area contributed by atoms with E-state index >= 15 is 0 Å². The highest BCUT2D eigenvalue weighted by molar-refractivity contribution is 5.69. The first-order valence-electron chi connectivity index (χ1n) is 9.40. The Kier molecular flexibility index (Phi) is 4.91. The van der Waals surface area contributed by atoms with E-state index in [1.165, 1.54) is 32.1 Å². The van der Waals surface area contributed by atoms with Crippen LogP contribution < -0.4 is 10.5 Å². The molecule has 4 heteroatoms. The van der Waals surface area contributed by atoms with Crippen molar-refractivity contribution in [2.24, 2.45) is 0 Å². The number of benzene rings is 2. The van der Waals surface area contributed by atoms with Gasteiger partial charge in [0.2, 0.25) is 0 Å².